The monoisotopic (exact) mass is 410 g/mol. The van der Waals surface area contributed by atoms with Crippen LogP contribution in [0.5, 0.6) is 0 Å². The molecule has 0 saturated carbocycles. The number of carbonyl (C=O) groups is 1. The summed E-state index contributed by atoms with van der Waals surface area (Å²) >= 11 is 7.51. The number of nitrogens with two attached hydrogens (primary N) is 1. The van der Waals surface area contributed by atoms with Gasteiger partial charge >= 0.3 is 0 Å². The molecule has 0 aliphatic rings. The fraction of sp³-hybridized carbons (Fsp3) is 0.125. The summed E-state index contributed by atoms with van der Waals surface area (Å²) < 4.78 is 24.9. The van der Waals surface area contributed by atoms with E-state index in [1.165, 1.54) is 29.5 Å². The zero-order valence-corrected chi connectivity index (χ0v) is 16.2. The van der Waals surface area contributed by atoms with Crippen LogP contribution >= 0.6 is 22.9 Å². The number of aromatic nitrogens is 2. The average molecular weight is 411 g/mol. The Morgan fingerprint density at radius 3 is 2.81 bits per heavy atom. The summed E-state index contributed by atoms with van der Waals surface area (Å²) in [6.45, 7) is 3.53. The van der Waals surface area contributed by atoms with E-state index >= 15 is 0 Å². The second-order valence-corrected chi connectivity index (χ2v) is 8.42. The van der Waals surface area contributed by atoms with Crippen LogP contribution < -0.4 is 10.5 Å². The molecule has 1 amide bonds. The molecular formula is C16H15ClN4O3S2. The molecule has 0 aliphatic carbocycles. The van der Waals surface area contributed by atoms with E-state index in [1.807, 2.05) is 5.38 Å². The number of aryl methyl sites for hydroxylation is 1. The molecule has 0 unspecified atom stereocenters. The van der Waals surface area contributed by atoms with Crippen molar-refractivity contribution in [3.63, 3.8) is 0 Å². The molecule has 10 heteroatoms. The molecule has 0 aliphatic heterocycles. The van der Waals surface area contributed by atoms with Gasteiger partial charge in [-0.05, 0) is 43.2 Å². The van der Waals surface area contributed by atoms with Crippen LogP contribution in [0, 0.1) is 13.8 Å². The fourth-order valence-electron chi connectivity index (χ4n) is 2.38. The predicted octanol–water partition coefficient (Wildman–Crippen LogP) is 2.97. The molecular weight excluding hydrogens is 396 g/mol. The largest absolute Gasteiger partial charge is 0.322 e. The van der Waals surface area contributed by atoms with E-state index in [2.05, 4.69) is 10.3 Å². The third kappa shape index (κ3) is 3.65. The molecule has 1 aromatic carbocycles. The number of thiazole rings is 1. The number of hydrogen-bond donors (Lipinski definition) is 2. The van der Waals surface area contributed by atoms with Crippen LogP contribution in [0.2, 0.25) is 5.15 Å². The van der Waals surface area contributed by atoms with Gasteiger partial charge in [0.2, 0.25) is 15.9 Å². The van der Waals surface area contributed by atoms with Crippen molar-refractivity contribution in [1.82, 2.24) is 9.38 Å². The molecule has 7 nitrogen and oxygen atoms in total. The van der Waals surface area contributed by atoms with Gasteiger partial charge in [0.05, 0.1) is 10.6 Å². The highest BCUT2D eigenvalue weighted by Crippen LogP contribution is 2.24. The fourth-order valence-corrected chi connectivity index (χ4v) is 4.00. The highest BCUT2D eigenvalue weighted by molar-refractivity contribution is 7.89. The van der Waals surface area contributed by atoms with Crippen LogP contribution in [0.25, 0.3) is 11.0 Å². The molecule has 2 heterocycles. The van der Waals surface area contributed by atoms with E-state index in [0.717, 1.165) is 10.5 Å². The van der Waals surface area contributed by atoms with Crippen LogP contribution in [0.15, 0.2) is 34.7 Å². The Morgan fingerprint density at radius 1 is 1.38 bits per heavy atom. The Labute approximate surface area is 159 Å². The Balaban J connectivity index is 1.87. The SMILES string of the molecule is Cc1cc(S(N)(=O)=O)cc(NC(=O)/C=C/c2c(Cl)nc3sccn23)c1C. The van der Waals surface area contributed by atoms with Crippen LogP contribution in [0.3, 0.4) is 0 Å². The van der Waals surface area contributed by atoms with Gasteiger partial charge in [0.1, 0.15) is 0 Å². The highest BCUT2D eigenvalue weighted by atomic mass is 35.5. The third-order valence-corrected chi connectivity index (χ3v) is 5.80. The van der Waals surface area contributed by atoms with E-state index in [0.29, 0.717) is 22.1 Å². The number of halogens is 1. The second-order valence-electron chi connectivity index (χ2n) is 5.62. The Morgan fingerprint density at radius 2 is 2.12 bits per heavy atom. The topological polar surface area (TPSA) is 107 Å². The molecule has 0 bridgehead atoms. The van der Waals surface area contributed by atoms with Crippen LogP contribution in [-0.4, -0.2) is 23.7 Å². The maximum atomic E-state index is 12.3. The van der Waals surface area contributed by atoms with Gasteiger partial charge in [-0.2, -0.15) is 0 Å². The van der Waals surface area contributed by atoms with E-state index < -0.39 is 15.9 Å². The minimum atomic E-state index is -3.87. The van der Waals surface area contributed by atoms with E-state index in [-0.39, 0.29) is 4.90 Å². The first-order chi connectivity index (χ1) is 12.2. The smallest absolute Gasteiger partial charge is 0.248 e. The summed E-state index contributed by atoms with van der Waals surface area (Å²) in [5, 5.41) is 10.0. The Hall–Kier alpha value is -2.20. The number of hydrogen-bond acceptors (Lipinski definition) is 5. The molecule has 0 fully saturated rings. The number of primary sulfonamides is 1. The number of imidazole rings is 1. The summed E-state index contributed by atoms with van der Waals surface area (Å²) in [4.78, 5) is 17.1. The molecule has 2 aromatic heterocycles. The second kappa shape index (κ2) is 6.84. The summed E-state index contributed by atoms with van der Waals surface area (Å²) in [7, 11) is -3.87. The molecule has 26 heavy (non-hydrogen) atoms. The van der Waals surface area contributed by atoms with Gasteiger partial charge in [0.25, 0.3) is 0 Å². The number of anilines is 1. The minimum Gasteiger partial charge on any atom is -0.322 e. The van der Waals surface area contributed by atoms with Crippen LogP contribution in [-0.2, 0) is 14.8 Å². The molecule has 3 rings (SSSR count). The maximum Gasteiger partial charge on any atom is 0.248 e. The van der Waals surface area contributed by atoms with Gasteiger partial charge in [-0.3, -0.25) is 9.20 Å². The minimum absolute atomic E-state index is 0.0568. The average Bonchev–Trinajstić information content (AvgIpc) is 3.09. The van der Waals surface area contributed by atoms with Crippen molar-refractivity contribution in [2.24, 2.45) is 5.14 Å². The number of nitrogens with zero attached hydrogens (tertiary/aromatic N) is 2. The first-order valence-corrected chi connectivity index (χ1v) is 10.2. The lowest BCUT2D eigenvalue weighted by molar-refractivity contribution is -0.111. The van der Waals surface area contributed by atoms with Crippen molar-refractivity contribution < 1.29 is 13.2 Å². The van der Waals surface area contributed by atoms with Crippen molar-refractivity contribution in [2.45, 2.75) is 18.7 Å². The normalized spacial score (nSPS) is 12.2. The zero-order chi connectivity index (χ0) is 19.1. The lowest BCUT2D eigenvalue weighted by atomic mass is 10.1. The van der Waals surface area contributed by atoms with Crippen molar-refractivity contribution >= 4 is 55.6 Å². The number of amides is 1. The lowest BCUT2D eigenvalue weighted by Gasteiger charge is -2.11. The molecule has 0 radical (unpaired) electrons. The highest BCUT2D eigenvalue weighted by Gasteiger charge is 2.14. The summed E-state index contributed by atoms with van der Waals surface area (Å²) in [6, 6.07) is 2.81. The first kappa shape index (κ1) is 18.6. The van der Waals surface area contributed by atoms with E-state index in [4.69, 9.17) is 16.7 Å². The van der Waals surface area contributed by atoms with Gasteiger partial charge in [0.15, 0.2) is 10.1 Å². The Kier molecular flexibility index (Phi) is 4.89. The van der Waals surface area contributed by atoms with Gasteiger partial charge < -0.3 is 5.32 Å². The van der Waals surface area contributed by atoms with E-state index in [9.17, 15) is 13.2 Å². The first-order valence-electron chi connectivity index (χ1n) is 7.41. The molecule has 3 N–H and O–H groups in total. The van der Waals surface area contributed by atoms with Crippen molar-refractivity contribution in [3.05, 3.63) is 51.8 Å². The maximum absolute atomic E-state index is 12.3. The number of sulfonamides is 1. The van der Waals surface area contributed by atoms with Crippen LogP contribution in [0.1, 0.15) is 16.8 Å². The van der Waals surface area contributed by atoms with Gasteiger partial charge in [-0.15, -0.1) is 11.3 Å². The summed E-state index contributed by atoms with van der Waals surface area (Å²) in [6.07, 6.45) is 4.67. The van der Waals surface area contributed by atoms with Gasteiger partial charge in [-0.1, -0.05) is 11.6 Å². The number of rotatable bonds is 4. The summed E-state index contributed by atoms with van der Waals surface area (Å²) in [5.74, 6) is -0.430. The third-order valence-electron chi connectivity index (χ3n) is 3.87. The number of benzene rings is 1. The van der Waals surface area contributed by atoms with Crippen LogP contribution in [0.4, 0.5) is 5.69 Å². The summed E-state index contributed by atoms with van der Waals surface area (Å²) in [5.41, 5.74) is 2.42. The number of nitrogens with one attached hydrogen (secondary N) is 1. The van der Waals surface area contributed by atoms with Crippen molar-refractivity contribution in [3.8, 4) is 0 Å². The number of carbonyl (C=O) groups excluding carboxylic acids is 1. The molecule has 0 saturated heterocycles. The van der Waals surface area contributed by atoms with E-state index in [1.54, 1.807) is 30.5 Å². The number of fused-ring (bicyclic) bond motifs is 1. The quantitative estimate of drug-likeness (QED) is 0.644. The standard InChI is InChI=1S/C16H15ClN4O3S2/c1-9-7-11(26(18,23)24)8-12(10(9)2)19-14(22)4-3-13-15(17)20-16-21(13)5-6-25-16/h3-8H,1-2H3,(H,19,22)(H2,18,23,24)/b4-3+. The molecule has 0 spiro atoms. The van der Waals surface area contributed by atoms with Crippen molar-refractivity contribution in [1.29, 1.82) is 0 Å². The van der Waals surface area contributed by atoms with Gasteiger partial charge in [0, 0.05) is 23.3 Å². The predicted molar refractivity (Wildman–Crippen MR) is 103 cm³/mol. The lowest BCUT2D eigenvalue weighted by Crippen LogP contribution is -2.15. The van der Waals surface area contributed by atoms with Gasteiger partial charge in [-0.25, -0.2) is 18.5 Å². The molecule has 3 aromatic rings. The molecule has 136 valence electrons. The van der Waals surface area contributed by atoms with Crippen molar-refractivity contribution in [2.75, 3.05) is 5.32 Å². The zero-order valence-electron chi connectivity index (χ0n) is 13.9. The molecule has 0 atom stereocenters. The Bertz CT molecular complexity index is 1150.